The Kier molecular flexibility index (Phi) is 6.04. The van der Waals surface area contributed by atoms with Crippen LogP contribution in [0.5, 0.6) is 11.5 Å². The maximum Gasteiger partial charge on any atom is 0.260 e. The van der Waals surface area contributed by atoms with Crippen LogP contribution in [0.3, 0.4) is 0 Å². The molecule has 0 saturated carbocycles. The van der Waals surface area contributed by atoms with Crippen molar-refractivity contribution in [2.75, 3.05) is 19.0 Å². The molecular formula is C20H21N3O4. The fourth-order valence-corrected chi connectivity index (χ4v) is 2.49. The van der Waals surface area contributed by atoms with Crippen LogP contribution < -0.4 is 14.8 Å². The van der Waals surface area contributed by atoms with Crippen LogP contribution in [0.1, 0.15) is 30.1 Å². The highest BCUT2D eigenvalue weighted by Crippen LogP contribution is 2.27. The molecule has 0 fully saturated rings. The van der Waals surface area contributed by atoms with Crippen LogP contribution in [0.25, 0.3) is 11.3 Å². The van der Waals surface area contributed by atoms with Crippen LogP contribution in [-0.2, 0) is 0 Å². The number of nitrogens with zero attached hydrogens (tertiary/aromatic N) is 2. The molecule has 140 valence electrons. The number of nitrogens with one attached hydrogen (secondary N) is 1. The number of ether oxygens (including phenoxy) is 2. The molecule has 0 radical (unpaired) electrons. The fourth-order valence-electron chi connectivity index (χ4n) is 2.49. The molecule has 0 spiro atoms. The van der Waals surface area contributed by atoms with E-state index in [-0.39, 0.29) is 11.7 Å². The van der Waals surface area contributed by atoms with Gasteiger partial charge in [0, 0.05) is 5.56 Å². The lowest BCUT2D eigenvalue weighted by molar-refractivity contribution is 0.102. The number of aromatic nitrogens is 2. The number of benzene rings is 2. The van der Waals surface area contributed by atoms with Crippen molar-refractivity contribution >= 4 is 11.7 Å². The molecule has 0 unspecified atom stereocenters. The van der Waals surface area contributed by atoms with Gasteiger partial charge in [0.1, 0.15) is 11.5 Å². The molecule has 7 nitrogen and oxygen atoms in total. The normalized spacial score (nSPS) is 10.4. The lowest BCUT2D eigenvalue weighted by Crippen LogP contribution is -2.14. The van der Waals surface area contributed by atoms with E-state index in [2.05, 4.69) is 22.6 Å². The summed E-state index contributed by atoms with van der Waals surface area (Å²) in [6.45, 7) is 2.64. The van der Waals surface area contributed by atoms with Crippen molar-refractivity contribution < 1.29 is 18.9 Å². The average molecular weight is 367 g/mol. The van der Waals surface area contributed by atoms with E-state index in [1.54, 1.807) is 37.4 Å². The highest BCUT2D eigenvalue weighted by molar-refractivity contribution is 6.07. The van der Waals surface area contributed by atoms with Gasteiger partial charge in [0.15, 0.2) is 5.69 Å². The van der Waals surface area contributed by atoms with E-state index >= 15 is 0 Å². The van der Waals surface area contributed by atoms with Gasteiger partial charge in [-0.15, -0.1) is 0 Å². The number of carbonyl (C=O) groups is 1. The zero-order chi connectivity index (χ0) is 19.1. The first kappa shape index (κ1) is 18.4. The van der Waals surface area contributed by atoms with Gasteiger partial charge < -0.3 is 14.8 Å². The third-order valence-corrected chi connectivity index (χ3v) is 3.97. The van der Waals surface area contributed by atoms with Gasteiger partial charge in [-0.05, 0) is 53.1 Å². The maximum absolute atomic E-state index is 12.7. The van der Waals surface area contributed by atoms with Crippen molar-refractivity contribution in [1.82, 2.24) is 10.3 Å². The van der Waals surface area contributed by atoms with Gasteiger partial charge in [0.05, 0.1) is 19.3 Å². The van der Waals surface area contributed by atoms with Gasteiger partial charge in [-0.1, -0.05) is 25.5 Å². The zero-order valence-corrected chi connectivity index (χ0v) is 15.3. The molecule has 2 aromatic carbocycles. The average Bonchev–Trinajstić information content (AvgIpc) is 3.16. The first-order chi connectivity index (χ1) is 13.2. The summed E-state index contributed by atoms with van der Waals surface area (Å²) in [5.74, 6) is 1.16. The van der Waals surface area contributed by atoms with E-state index in [0.29, 0.717) is 23.6 Å². The van der Waals surface area contributed by atoms with Gasteiger partial charge in [0.2, 0.25) is 5.82 Å². The summed E-state index contributed by atoms with van der Waals surface area (Å²) in [7, 11) is 1.60. The van der Waals surface area contributed by atoms with E-state index < -0.39 is 0 Å². The highest BCUT2D eigenvalue weighted by Gasteiger charge is 2.18. The van der Waals surface area contributed by atoms with Crippen LogP contribution in [0, 0.1) is 0 Å². The molecule has 0 atom stereocenters. The maximum atomic E-state index is 12.7. The number of hydrogen-bond donors (Lipinski definition) is 1. The number of unbranched alkanes of at least 4 members (excludes halogenated alkanes) is 1. The standard InChI is InChI=1S/C20H21N3O4/c1-3-4-13-26-17-8-6-5-7-16(17)20(24)21-19-18(22-27-23-19)14-9-11-15(25-2)12-10-14/h5-12H,3-4,13H2,1-2H3,(H,21,23,24). The molecule has 1 amide bonds. The molecule has 1 heterocycles. The summed E-state index contributed by atoms with van der Waals surface area (Å²) in [6, 6.07) is 14.3. The third-order valence-electron chi connectivity index (χ3n) is 3.97. The third kappa shape index (κ3) is 4.44. The SMILES string of the molecule is CCCCOc1ccccc1C(=O)Nc1nonc1-c1ccc(OC)cc1. The van der Waals surface area contributed by atoms with Crippen LogP contribution in [0.4, 0.5) is 5.82 Å². The quantitative estimate of drug-likeness (QED) is 0.601. The van der Waals surface area contributed by atoms with E-state index in [1.807, 2.05) is 18.2 Å². The molecule has 7 heteroatoms. The van der Waals surface area contributed by atoms with Crippen molar-refractivity contribution in [3.63, 3.8) is 0 Å². The predicted molar refractivity (Wildman–Crippen MR) is 101 cm³/mol. The molecule has 27 heavy (non-hydrogen) atoms. The first-order valence-electron chi connectivity index (χ1n) is 8.73. The lowest BCUT2D eigenvalue weighted by Gasteiger charge is -2.10. The monoisotopic (exact) mass is 367 g/mol. The topological polar surface area (TPSA) is 86.5 Å². The summed E-state index contributed by atoms with van der Waals surface area (Å²) in [5.41, 5.74) is 1.62. The summed E-state index contributed by atoms with van der Waals surface area (Å²) in [6.07, 6.45) is 1.94. The molecular weight excluding hydrogens is 346 g/mol. The van der Waals surface area contributed by atoms with E-state index in [9.17, 15) is 4.79 Å². The van der Waals surface area contributed by atoms with Crippen LogP contribution in [-0.4, -0.2) is 29.9 Å². The molecule has 1 N–H and O–H groups in total. The Hall–Kier alpha value is -3.35. The number of anilines is 1. The Morgan fingerprint density at radius 2 is 1.89 bits per heavy atom. The van der Waals surface area contributed by atoms with Gasteiger partial charge in [0.25, 0.3) is 5.91 Å². The molecule has 0 aliphatic heterocycles. The minimum Gasteiger partial charge on any atom is -0.497 e. The zero-order valence-electron chi connectivity index (χ0n) is 15.3. The van der Waals surface area contributed by atoms with Crippen molar-refractivity contribution in [3.05, 3.63) is 54.1 Å². The second kappa shape index (κ2) is 8.84. The van der Waals surface area contributed by atoms with Crippen LogP contribution >= 0.6 is 0 Å². The fraction of sp³-hybridized carbons (Fsp3) is 0.250. The molecule has 1 aromatic heterocycles. The number of carbonyl (C=O) groups excluding carboxylic acids is 1. The summed E-state index contributed by atoms with van der Waals surface area (Å²) in [4.78, 5) is 12.7. The minimum absolute atomic E-state index is 0.244. The number of rotatable bonds is 8. The highest BCUT2D eigenvalue weighted by atomic mass is 16.6. The summed E-state index contributed by atoms with van der Waals surface area (Å²) >= 11 is 0. The molecule has 0 aliphatic rings. The largest absolute Gasteiger partial charge is 0.497 e. The molecule has 0 aliphatic carbocycles. The molecule has 3 aromatic rings. The van der Waals surface area contributed by atoms with E-state index in [4.69, 9.17) is 14.1 Å². The van der Waals surface area contributed by atoms with Gasteiger partial charge >= 0.3 is 0 Å². The Balaban J connectivity index is 1.78. The number of hydrogen-bond acceptors (Lipinski definition) is 6. The Labute approximate surface area is 157 Å². The van der Waals surface area contributed by atoms with Gasteiger partial charge in [-0.3, -0.25) is 4.79 Å². The Morgan fingerprint density at radius 3 is 2.63 bits per heavy atom. The molecule has 3 rings (SSSR count). The van der Waals surface area contributed by atoms with Gasteiger partial charge in [-0.25, -0.2) is 4.63 Å². The first-order valence-corrected chi connectivity index (χ1v) is 8.73. The van der Waals surface area contributed by atoms with Gasteiger partial charge in [-0.2, -0.15) is 0 Å². The molecule has 0 bridgehead atoms. The smallest absolute Gasteiger partial charge is 0.260 e. The van der Waals surface area contributed by atoms with Crippen molar-refractivity contribution in [2.24, 2.45) is 0 Å². The number of para-hydroxylation sites is 1. The number of amides is 1. The second-order valence-corrected chi connectivity index (χ2v) is 5.84. The van der Waals surface area contributed by atoms with E-state index in [1.165, 1.54) is 0 Å². The van der Waals surface area contributed by atoms with Crippen LogP contribution in [0.2, 0.25) is 0 Å². The summed E-state index contributed by atoms with van der Waals surface area (Å²) < 4.78 is 15.7. The minimum atomic E-state index is -0.340. The molecule has 0 saturated heterocycles. The van der Waals surface area contributed by atoms with Crippen molar-refractivity contribution in [3.8, 4) is 22.8 Å². The van der Waals surface area contributed by atoms with Crippen molar-refractivity contribution in [1.29, 1.82) is 0 Å². The second-order valence-electron chi connectivity index (χ2n) is 5.84. The Morgan fingerprint density at radius 1 is 1.11 bits per heavy atom. The lowest BCUT2D eigenvalue weighted by atomic mass is 10.1. The van der Waals surface area contributed by atoms with E-state index in [0.717, 1.165) is 24.2 Å². The summed E-state index contributed by atoms with van der Waals surface area (Å²) in [5, 5.41) is 10.5. The van der Waals surface area contributed by atoms with Crippen LogP contribution in [0.15, 0.2) is 53.2 Å². The predicted octanol–water partition coefficient (Wildman–Crippen LogP) is 4.18. The Bertz CT molecular complexity index is 890. The number of methoxy groups -OCH3 is 1. The van der Waals surface area contributed by atoms with Crippen molar-refractivity contribution in [2.45, 2.75) is 19.8 Å².